The van der Waals surface area contributed by atoms with Crippen LogP contribution in [0.1, 0.15) is 10.4 Å². The van der Waals surface area contributed by atoms with E-state index in [1.54, 1.807) is 0 Å². The van der Waals surface area contributed by atoms with Gasteiger partial charge in [0, 0.05) is 11.6 Å². The molecule has 1 N–H and O–H groups in total. The number of hydrogen-bond acceptors (Lipinski definition) is 2. The van der Waals surface area contributed by atoms with E-state index in [0.717, 1.165) is 24.3 Å². The van der Waals surface area contributed by atoms with Crippen molar-refractivity contribution in [2.75, 3.05) is 0 Å². The number of carboxylic acid groups (broad SMARTS) is 1. The molecule has 76 valence electrons. The summed E-state index contributed by atoms with van der Waals surface area (Å²) in [5, 5.41) is 8.49. The first-order chi connectivity index (χ1) is 6.38. The van der Waals surface area contributed by atoms with Gasteiger partial charge in [0.2, 0.25) is 0 Å². The molecule has 0 aliphatic heterocycles. The van der Waals surface area contributed by atoms with Gasteiger partial charge in [-0.15, -0.1) is 8.78 Å². The van der Waals surface area contributed by atoms with Crippen LogP contribution in [0.2, 0.25) is 0 Å². The highest BCUT2D eigenvalue weighted by atomic mass is 35.5. The van der Waals surface area contributed by atoms with E-state index in [9.17, 15) is 13.6 Å². The van der Waals surface area contributed by atoms with Gasteiger partial charge in [-0.05, 0) is 24.3 Å². The van der Waals surface area contributed by atoms with E-state index in [-0.39, 0.29) is 11.3 Å². The summed E-state index contributed by atoms with van der Waals surface area (Å²) in [5.74, 6) is -1.34. The number of halogens is 3. The monoisotopic (exact) mass is 222 g/mol. The molecular weight excluding hydrogens is 218 g/mol. The zero-order valence-corrected chi connectivity index (χ0v) is 7.46. The maximum atomic E-state index is 12.1. The van der Waals surface area contributed by atoms with Crippen molar-refractivity contribution in [1.82, 2.24) is 0 Å². The Balaban J connectivity index is 2.79. The van der Waals surface area contributed by atoms with Crippen molar-refractivity contribution >= 4 is 17.6 Å². The summed E-state index contributed by atoms with van der Waals surface area (Å²) in [7, 11) is 0. The Hall–Kier alpha value is -1.36. The lowest BCUT2D eigenvalue weighted by atomic mass is 10.2. The van der Waals surface area contributed by atoms with Crippen LogP contribution in [0.15, 0.2) is 24.3 Å². The molecular formula is C8H5ClF2O3. The Morgan fingerprint density at radius 3 is 2.21 bits per heavy atom. The zero-order chi connectivity index (χ0) is 10.8. The fourth-order valence-electron chi connectivity index (χ4n) is 0.799. The Bertz CT molecular complexity index is 331. The first kappa shape index (κ1) is 10.7. The van der Waals surface area contributed by atoms with Crippen molar-refractivity contribution in [2.45, 2.75) is 5.57 Å². The molecule has 3 nitrogen and oxygen atoms in total. The van der Waals surface area contributed by atoms with Gasteiger partial charge in [-0.2, -0.15) is 0 Å². The van der Waals surface area contributed by atoms with Gasteiger partial charge in [0.05, 0.1) is 5.56 Å². The summed E-state index contributed by atoms with van der Waals surface area (Å²) in [6.07, 6.45) is 0. The number of benzene rings is 1. The lowest BCUT2D eigenvalue weighted by molar-refractivity contribution is -0.0964. The summed E-state index contributed by atoms with van der Waals surface area (Å²) in [6.45, 7) is 0. The number of carbonyl (C=O) groups is 1. The minimum atomic E-state index is -3.79. The first-order valence-electron chi connectivity index (χ1n) is 3.47. The van der Waals surface area contributed by atoms with Crippen LogP contribution in [0, 0.1) is 0 Å². The molecule has 0 radical (unpaired) electrons. The Morgan fingerprint density at radius 1 is 1.36 bits per heavy atom. The largest absolute Gasteiger partial charge is 0.487 e. The molecule has 14 heavy (non-hydrogen) atoms. The lowest BCUT2D eigenvalue weighted by Crippen LogP contribution is -2.15. The van der Waals surface area contributed by atoms with E-state index in [1.807, 2.05) is 0 Å². The zero-order valence-electron chi connectivity index (χ0n) is 6.71. The highest BCUT2D eigenvalue weighted by Crippen LogP contribution is 2.24. The molecule has 0 aromatic heterocycles. The molecule has 0 aliphatic carbocycles. The first-order valence-corrected chi connectivity index (χ1v) is 3.85. The lowest BCUT2D eigenvalue weighted by Gasteiger charge is -2.09. The standard InChI is InChI=1S/C8H5ClF2O3/c9-8(10,11)14-6-3-1-5(2-4-6)7(12)13/h1-4H,(H,12,13). The molecule has 1 aromatic rings. The highest BCUT2D eigenvalue weighted by Gasteiger charge is 2.27. The van der Waals surface area contributed by atoms with Crippen LogP contribution in [-0.4, -0.2) is 16.6 Å². The quantitative estimate of drug-likeness (QED) is 0.800. The van der Waals surface area contributed by atoms with Crippen LogP contribution >= 0.6 is 11.6 Å². The van der Waals surface area contributed by atoms with Crippen LogP contribution in [0.25, 0.3) is 0 Å². The van der Waals surface area contributed by atoms with Crippen LogP contribution in [0.4, 0.5) is 8.78 Å². The van der Waals surface area contributed by atoms with Gasteiger partial charge in [-0.3, -0.25) is 0 Å². The van der Waals surface area contributed by atoms with Crippen molar-refractivity contribution in [2.24, 2.45) is 0 Å². The molecule has 0 bridgehead atoms. The average Bonchev–Trinajstić information content (AvgIpc) is 2.02. The van der Waals surface area contributed by atoms with Gasteiger partial charge < -0.3 is 9.84 Å². The van der Waals surface area contributed by atoms with Crippen LogP contribution in [0.5, 0.6) is 5.75 Å². The number of carboxylic acids is 1. The van der Waals surface area contributed by atoms with Gasteiger partial charge in [0.15, 0.2) is 0 Å². The predicted octanol–water partition coefficient (Wildman–Crippen LogP) is 2.55. The van der Waals surface area contributed by atoms with Crippen molar-refractivity contribution in [3.8, 4) is 5.75 Å². The summed E-state index contributed by atoms with van der Waals surface area (Å²) in [6, 6.07) is 4.47. The third-order valence-electron chi connectivity index (χ3n) is 1.33. The molecule has 1 aromatic carbocycles. The molecule has 0 atom stereocenters. The van der Waals surface area contributed by atoms with E-state index in [1.165, 1.54) is 0 Å². The Kier molecular flexibility index (Phi) is 2.90. The second kappa shape index (κ2) is 3.79. The molecule has 0 unspecified atom stereocenters. The van der Waals surface area contributed by atoms with Crippen LogP contribution in [-0.2, 0) is 0 Å². The van der Waals surface area contributed by atoms with Gasteiger partial charge in [-0.25, -0.2) is 4.79 Å². The van der Waals surface area contributed by atoms with E-state index in [2.05, 4.69) is 16.3 Å². The van der Waals surface area contributed by atoms with Crippen molar-refractivity contribution in [3.63, 3.8) is 0 Å². The van der Waals surface area contributed by atoms with Crippen LogP contribution in [0.3, 0.4) is 0 Å². The molecule has 0 fully saturated rings. The minimum Gasteiger partial charge on any atom is -0.478 e. The summed E-state index contributed by atoms with van der Waals surface area (Å²) >= 11 is 4.50. The number of ether oxygens (including phenoxy) is 1. The number of hydrogen-bond donors (Lipinski definition) is 1. The molecule has 1 rings (SSSR count). The summed E-state index contributed by atoms with van der Waals surface area (Å²) in [5.41, 5.74) is -3.81. The number of rotatable bonds is 3. The van der Waals surface area contributed by atoms with Crippen LogP contribution < -0.4 is 4.74 Å². The molecule has 0 saturated heterocycles. The van der Waals surface area contributed by atoms with Gasteiger partial charge in [-0.1, -0.05) is 0 Å². The fourth-order valence-corrected chi connectivity index (χ4v) is 0.888. The predicted molar refractivity (Wildman–Crippen MR) is 44.8 cm³/mol. The number of aromatic carboxylic acids is 1. The van der Waals surface area contributed by atoms with E-state index in [0.29, 0.717) is 0 Å². The molecule has 6 heteroatoms. The third-order valence-corrected chi connectivity index (χ3v) is 1.41. The molecule has 0 saturated carbocycles. The topological polar surface area (TPSA) is 46.5 Å². The SMILES string of the molecule is O=C(O)c1ccc(OC(F)(F)Cl)cc1. The molecule has 0 aliphatic rings. The smallest absolute Gasteiger partial charge is 0.478 e. The summed E-state index contributed by atoms with van der Waals surface area (Å²) in [4.78, 5) is 10.4. The summed E-state index contributed by atoms with van der Waals surface area (Å²) < 4.78 is 28.2. The highest BCUT2D eigenvalue weighted by molar-refractivity contribution is 6.20. The number of alkyl halides is 3. The molecule has 0 amide bonds. The fraction of sp³-hybridized carbons (Fsp3) is 0.125. The second-order valence-electron chi connectivity index (χ2n) is 2.38. The molecule has 0 heterocycles. The Labute approximate surface area is 82.9 Å². The molecule has 0 spiro atoms. The third kappa shape index (κ3) is 3.18. The maximum absolute atomic E-state index is 12.1. The maximum Gasteiger partial charge on any atom is 0.487 e. The Morgan fingerprint density at radius 2 is 1.86 bits per heavy atom. The van der Waals surface area contributed by atoms with Gasteiger partial charge >= 0.3 is 11.5 Å². The minimum absolute atomic E-state index is 0.0183. The van der Waals surface area contributed by atoms with Crippen molar-refractivity contribution in [3.05, 3.63) is 29.8 Å². The van der Waals surface area contributed by atoms with E-state index < -0.39 is 11.5 Å². The van der Waals surface area contributed by atoms with Crippen molar-refractivity contribution in [1.29, 1.82) is 0 Å². The van der Waals surface area contributed by atoms with Gasteiger partial charge in [0.25, 0.3) is 0 Å². The van der Waals surface area contributed by atoms with Crippen molar-refractivity contribution < 1.29 is 23.4 Å². The average molecular weight is 223 g/mol. The normalized spacial score (nSPS) is 11.1. The van der Waals surface area contributed by atoms with E-state index in [4.69, 9.17) is 5.11 Å². The van der Waals surface area contributed by atoms with Gasteiger partial charge in [0.1, 0.15) is 5.75 Å². The van der Waals surface area contributed by atoms with E-state index >= 15 is 0 Å². The second-order valence-corrected chi connectivity index (χ2v) is 2.82.